The number of hydrogen-bond donors (Lipinski definition) is 0. The van der Waals surface area contributed by atoms with Crippen molar-refractivity contribution in [1.29, 1.82) is 0 Å². The molecule has 36 heavy (non-hydrogen) atoms. The lowest BCUT2D eigenvalue weighted by atomic mass is 9.82. The van der Waals surface area contributed by atoms with Gasteiger partial charge in [0.15, 0.2) is 5.43 Å². The van der Waals surface area contributed by atoms with Crippen LogP contribution in [0.5, 0.6) is 11.5 Å². The number of esters is 1. The molecular weight excluding hydrogens is 460 g/mol. The lowest BCUT2D eigenvalue weighted by molar-refractivity contribution is -0.135. The first-order valence-corrected chi connectivity index (χ1v) is 11.4. The number of aryl methyl sites for hydroxylation is 1. The molecule has 5 aromatic rings. The Bertz CT molecular complexity index is 1800. The Morgan fingerprint density at radius 1 is 0.944 bits per heavy atom. The fraction of sp³-hybridized carbons (Fsp3) is 0.138. The normalized spacial score (nSPS) is 15.1. The van der Waals surface area contributed by atoms with Crippen molar-refractivity contribution in [3.63, 3.8) is 0 Å². The van der Waals surface area contributed by atoms with Crippen molar-refractivity contribution in [2.45, 2.75) is 19.3 Å². The van der Waals surface area contributed by atoms with Crippen LogP contribution in [0.4, 0.5) is 0 Å². The van der Waals surface area contributed by atoms with Gasteiger partial charge in [0.1, 0.15) is 22.7 Å². The predicted octanol–water partition coefficient (Wildman–Crippen LogP) is 5.32. The maximum atomic E-state index is 13.6. The zero-order valence-electron chi connectivity index (χ0n) is 19.5. The van der Waals surface area contributed by atoms with E-state index in [0.29, 0.717) is 50.1 Å². The minimum atomic E-state index is -0.604. The average Bonchev–Trinajstić information content (AvgIpc) is 2.88. The number of carbonyl (C=O) groups is 1. The first-order chi connectivity index (χ1) is 17.4. The van der Waals surface area contributed by atoms with E-state index in [1.165, 1.54) is 19.4 Å². The second-order valence-corrected chi connectivity index (χ2v) is 8.77. The lowest BCUT2D eigenvalue weighted by Crippen LogP contribution is -2.26. The molecule has 0 aliphatic carbocycles. The predicted molar refractivity (Wildman–Crippen MR) is 134 cm³/mol. The van der Waals surface area contributed by atoms with Crippen molar-refractivity contribution in [3.8, 4) is 22.6 Å². The van der Waals surface area contributed by atoms with Crippen molar-refractivity contribution in [1.82, 2.24) is 0 Å². The Kier molecular flexibility index (Phi) is 5.00. The molecule has 7 nitrogen and oxygen atoms in total. The largest absolute Gasteiger partial charge is 0.497 e. The average molecular weight is 480 g/mol. The van der Waals surface area contributed by atoms with Crippen LogP contribution in [0.3, 0.4) is 0 Å². The van der Waals surface area contributed by atoms with E-state index in [1.54, 1.807) is 24.3 Å². The minimum Gasteiger partial charge on any atom is -0.497 e. The molecule has 0 fully saturated rings. The fourth-order valence-corrected chi connectivity index (χ4v) is 5.00. The van der Waals surface area contributed by atoms with Gasteiger partial charge in [-0.25, -0.2) is 4.79 Å². The Labute approximate surface area is 204 Å². The third kappa shape index (κ3) is 3.40. The van der Waals surface area contributed by atoms with E-state index in [1.807, 2.05) is 37.3 Å². The van der Waals surface area contributed by atoms with Crippen molar-refractivity contribution < 1.29 is 23.1 Å². The fourth-order valence-electron chi connectivity index (χ4n) is 5.00. The van der Waals surface area contributed by atoms with Gasteiger partial charge in [-0.05, 0) is 42.3 Å². The molecular formula is C29H20O7. The number of carbonyl (C=O) groups excluding carboxylic acids is 1. The third-order valence-corrected chi connectivity index (χ3v) is 6.63. The molecule has 178 valence electrons. The summed E-state index contributed by atoms with van der Waals surface area (Å²) in [7, 11) is 1.52. The van der Waals surface area contributed by atoms with Crippen molar-refractivity contribution >= 4 is 27.9 Å². The molecule has 0 N–H and O–H groups in total. The summed E-state index contributed by atoms with van der Waals surface area (Å²) in [4.78, 5) is 38.9. The summed E-state index contributed by atoms with van der Waals surface area (Å²) in [5, 5.41) is 0.869. The van der Waals surface area contributed by atoms with Gasteiger partial charge in [-0.1, -0.05) is 30.3 Å². The van der Waals surface area contributed by atoms with Gasteiger partial charge in [-0.2, -0.15) is 0 Å². The molecule has 7 heteroatoms. The monoisotopic (exact) mass is 480 g/mol. The molecule has 3 heterocycles. The summed E-state index contributed by atoms with van der Waals surface area (Å²) in [6.07, 6.45) is 1.38. The summed E-state index contributed by atoms with van der Waals surface area (Å²) in [5.74, 6) is -0.276. The van der Waals surface area contributed by atoms with Crippen molar-refractivity contribution in [2.75, 3.05) is 7.11 Å². The van der Waals surface area contributed by atoms with Crippen LogP contribution in [-0.2, 0) is 4.79 Å². The number of fused-ring (bicyclic) bond motifs is 4. The number of hydrogen-bond acceptors (Lipinski definition) is 7. The minimum absolute atomic E-state index is 0.0307. The van der Waals surface area contributed by atoms with Crippen LogP contribution in [0.1, 0.15) is 29.0 Å². The van der Waals surface area contributed by atoms with E-state index in [0.717, 1.165) is 11.1 Å². The maximum absolute atomic E-state index is 13.6. The van der Waals surface area contributed by atoms with E-state index in [4.69, 9.17) is 18.3 Å². The molecule has 0 saturated heterocycles. The highest BCUT2D eigenvalue weighted by Crippen LogP contribution is 2.46. The molecule has 0 saturated carbocycles. The molecule has 1 atom stereocenters. The number of benzene rings is 3. The van der Waals surface area contributed by atoms with Gasteiger partial charge in [-0.3, -0.25) is 9.59 Å². The molecule has 0 unspecified atom stereocenters. The summed E-state index contributed by atoms with van der Waals surface area (Å²) in [6.45, 7) is 1.84. The van der Waals surface area contributed by atoms with Gasteiger partial charge >= 0.3 is 11.6 Å². The molecule has 0 amide bonds. The highest BCUT2D eigenvalue weighted by molar-refractivity contribution is 6.01. The quantitative estimate of drug-likeness (QED) is 0.196. The van der Waals surface area contributed by atoms with Gasteiger partial charge in [0, 0.05) is 28.7 Å². The molecule has 0 bridgehead atoms. The van der Waals surface area contributed by atoms with Gasteiger partial charge in [0.25, 0.3) is 0 Å². The molecule has 3 aromatic carbocycles. The topological polar surface area (TPSA) is 95.9 Å². The Morgan fingerprint density at radius 3 is 2.53 bits per heavy atom. The first-order valence-electron chi connectivity index (χ1n) is 11.4. The van der Waals surface area contributed by atoms with Crippen LogP contribution >= 0.6 is 0 Å². The number of ether oxygens (including phenoxy) is 2. The highest BCUT2D eigenvalue weighted by atomic mass is 16.5. The van der Waals surface area contributed by atoms with E-state index in [-0.39, 0.29) is 11.8 Å². The summed E-state index contributed by atoms with van der Waals surface area (Å²) in [5.41, 5.74) is 3.09. The van der Waals surface area contributed by atoms with Crippen LogP contribution in [0.15, 0.2) is 85.4 Å². The second-order valence-electron chi connectivity index (χ2n) is 8.77. The molecule has 1 aliphatic rings. The standard InChI is InChI=1S/C29H20O7/c1-15-10-23-27(18(12-24(30)35-23)16-6-4-3-5-7-16)29-26(15)19(13-25(31)36-29)21-14-34-22-9-8-17(33-2)11-20(22)28(21)32/h3-12,14,19H,13H2,1-2H3/t19-/m0/s1. The lowest BCUT2D eigenvalue weighted by Gasteiger charge is -2.27. The second kappa shape index (κ2) is 8.23. The van der Waals surface area contributed by atoms with Gasteiger partial charge in [0.2, 0.25) is 0 Å². The summed E-state index contributed by atoms with van der Waals surface area (Å²) < 4.78 is 22.4. The third-order valence-electron chi connectivity index (χ3n) is 6.63. The molecule has 0 spiro atoms. The highest BCUT2D eigenvalue weighted by Gasteiger charge is 2.35. The Balaban J connectivity index is 1.66. The van der Waals surface area contributed by atoms with E-state index in [9.17, 15) is 14.4 Å². The van der Waals surface area contributed by atoms with Crippen LogP contribution < -0.4 is 20.5 Å². The van der Waals surface area contributed by atoms with Crippen LogP contribution in [0.25, 0.3) is 33.1 Å². The van der Waals surface area contributed by atoms with Gasteiger partial charge < -0.3 is 18.3 Å². The van der Waals surface area contributed by atoms with Gasteiger partial charge in [0.05, 0.1) is 30.6 Å². The SMILES string of the molecule is COc1ccc2occ([C@@H]3CC(=O)Oc4c3c(C)cc3oc(=O)cc(-c5ccccc5)c43)c(=O)c2c1. The van der Waals surface area contributed by atoms with Crippen LogP contribution in [-0.4, -0.2) is 13.1 Å². The maximum Gasteiger partial charge on any atom is 0.336 e. The summed E-state index contributed by atoms with van der Waals surface area (Å²) in [6, 6.07) is 17.5. The molecule has 6 rings (SSSR count). The molecule has 0 radical (unpaired) electrons. The Morgan fingerprint density at radius 2 is 1.75 bits per heavy atom. The van der Waals surface area contributed by atoms with E-state index >= 15 is 0 Å². The van der Waals surface area contributed by atoms with Crippen LogP contribution in [0, 0.1) is 6.92 Å². The Hall–Kier alpha value is -4.65. The van der Waals surface area contributed by atoms with Crippen molar-refractivity contribution in [2.24, 2.45) is 0 Å². The number of rotatable bonds is 3. The molecule has 1 aliphatic heterocycles. The van der Waals surface area contributed by atoms with Crippen LogP contribution in [0.2, 0.25) is 0 Å². The zero-order valence-corrected chi connectivity index (χ0v) is 19.5. The smallest absolute Gasteiger partial charge is 0.336 e. The molecule has 2 aromatic heterocycles. The van der Waals surface area contributed by atoms with Gasteiger partial charge in [-0.15, -0.1) is 0 Å². The van der Waals surface area contributed by atoms with E-state index in [2.05, 4.69) is 0 Å². The zero-order chi connectivity index (χ0) is 25.0. The summed E-state index contributed by atoms with van der Waals surface area (Å²) >= 11 is 0. The first kappa shape index (κ1) is 21.9. The van der Waals surface area contributed by atoms with Crippen molar-refractivity contribution in [3.05, 3.63) is 104 Å². The number of methoxy groups -OCH3 is 1. The van der Waals surface area contributed by atoms with E-state index < -0.39 is 17.5 Å².